The molecule has 2 aliphatic rings. The van der Waals surface area contributed by atoms with Crippen LogP contribution in [-0.4, -0.2) is 32.4 Å². The van der Waals surface area contributed by atoms with Gasteiger partial charge in [0.2, 0.25) is 0 Å². The van der Waals surface area contributed by atoms with Crippen LogP contribution in [-0.2, 0) is 27.3 Å². The van der Waals surface area contributed by atoms with Gasteiger partial charge in [-0.3, -0.25) is 0 Å². The molecule has 7 nitrogen and oxygen atoms in total. The molecule has 2 atom stereocenters. The van der Waals surface area contributed by atoms with Crippen molar-refractivity contribution in [3.05, 3.63) is 95.2 Å². The SMILES string of the molecule is O=C(CCc1ccccc1OCc1cccc(Oc2ccccc2)c1)O[C@H]1CCCO[C@@H]1C[N+]1([O-])[I-][I-]1. The Balaban J connectivity index is 1.14. The monoisotopic (exact) mass is 729 g/mol. The van der Waals surface area contributed by atoms with Crippen LogP contribution in [0.3, 0.4) is 0 Å². The Kier molecular flexibility index (Phi) is 9.19. The Morgan fingerprint density at radius 1 is 1.00 bits per heavy atom. The fraction of sp³-hybridized carbons (Fsp3) is 0.321. The summed E-state index contributed by atoms with van der Waals surface area (Å²) in [5.41, 5.74) is 1.94. The minimum atomic E-state index is -0.310. The van der Waals surface area contributed by atoms with Gasteiger partial charge in [0.1, 0.15) is 11.5 Å². The minimum absolute atomic E-state index is 0.0114. The molecule has 3 aromatic carbocycles. The molecule has 0 radical (unpaired) electrons. The van der Waals surface area contributed by atoms with Gasteiger partial charge in [0.25, 0.3) is 0 Å². The van der Waals surface area contributed by atoms with Crippen molar-refractivity contribution >= 4 is 5.97 Å². The Bertz CT molecular complexity index is 1190. The summed E-state index contributed by atoms with van der Waals surface area (Å²) in [4.78, 5) is 12.7. The number of para-hydroxylation sites is 2. The second kappa shape index (κ2) is 12.7. The summed E-state index contributed by atoms with van der Waals surface area (Å²) in [6, 6.07) is 25.3. The van der Waals surface area contributed by atoms with E-state index in [1.807, 2.05) is 78.9 Å². The standard InChI is InChI=1S/C28H29I2NO6/c32-28(37-26-14-7-17-34-27(26)19-31(33)29-30-31)16-15-22-9-4-5-13-25(22)35-20-21-8-6-12-24(18-21)36-23-10-2-1-3-11-23/h1-6,8-13,18,26-27H,7,14-17,19-20H2/q-2/t26-,27+/m0/s1. The molecule has 37 heavy (non-hydrogen) atoms. The molecule has 5 rings (SSSR count). The van der Waals surface area contributed by atoms with Gasteiger partial charge in [0.15, 0.2) is 0 Å². The molecule has 0 N–H and O–H groups in total. The molecule has 0 spiro atoms. The molecule has 2 saturated heterocycles. The first-order valence-electron chi connectivity index (χ1n) is 12.3. The van der Waals surface area contributed by atoms with Gasteiger partial charge in [0.05, 0.1) is 0 Å². The molecule has 0 amide bonds. The van der Waals surface area contributed by atoms with E-state index in [2.05, 4.69) is 0 Å². The summed E-state index contributed by atoms with van der Waals surface area (Å²) < 4.78 is 23.7. The first-order chi connectivity index (χ1) is 18.1. The molecular weight excluding hydrogens is 700 g/mol. The number of benzene rings is 3. The number of hydrogen-bond acceptors (Lipinski definition) is 6. The molecule has 2 fully saturated rings. The fourth-order valence-electron chi connectivity index (χ4n) is 4.21. The van der Waals surface area contributed by atoms with E-state index in [4.69, 9.17) is 18.9 Å². The van der Waals surface area contributed by atoms with E-state index in [-0.39, 0.29) is 60.7 Å². The van der Waals surface area contributed by atoms with Crippen molar-refractivity contribution in [1.29, 1.82) is 0 Å². The van der Waals surface area contributed by atoms with Crippen LogP contribution in [0.2, 0.25) is 0 Å². The number of carbonyl (C=O) groups is 1. The summed E-state index contributed by atoms with van der Waals surface area (Å²) in [5, 5.41) is 12.3. The third kappa shape index (κ3) is 8.03. The number of nitrogens with zero attached hydrogens (tertiary/aromatic N) is 1. The van der Waals surface area contributed by atoms with Gasteiger partial charge < -0.3 is 4.74 Å². The van der Waals surface area contributed by atoms with E-state index in [9.17, 15) is 10.0 Å². The van der Waals surface area contributed by atoms with Crippen molar-refractivity contribution in [3.63, 3.8) is 0 Å². The molecule has 0 saturated carbocycles. The zero-order valence-electron chi connectivity index (χ0n) is 20.3. The number of hydroxylamine groups is 1. The number of hydrogen-bond donors (Lipinski definition) is 0. The van der Waals surface area contributed by atoms with E-state index in [0.717, 1.165) is 41.2 Å². The van der Waals surface area contributed by atoms with Gasteiger partial charge in [-0.25, -0.2) is 0 Å². The number of rotatable bonds is 11. The van der Waals surface area contributed by atoms with Gasteiger partial charge >= 0.3 is 159 Å². The maximum atomic E-state index is 12.7. The third-order valence-electron chi connectivity index (χ3n) is 6.10. The zero-order valence-corrected chi connectivity index (χ0v) is 24.6. The second-order valence-corrected chi connectivity index (χ2v) is 19.5. The zero-order chi connectivity index (χ0) is 25.5. The van der Waals surface area contributed by atoms with Crippen molar-refractivity contribution in [2.45, 2.75) is 44.5 Å². The van der Waals surface area contributed by atoms with E-state index < -0.39 is 0 Å². The number of quaternary nitrogens is 1. The van der Waals surface area contributed by atoms with Crippen LogP contribution >= 0.6 is 0 Å². The van der Waals surface area contributed by atoms with Crippen LogP contribution in [0, 0.1) is 5.21 Å². The van der Waals surface area contributed by atoms with Crippen LogP contribution in [0.25, 0.3) is 0 Å². The molecule has 2 heterocycles. The maximum absolute atomic E-state index is 12.7. The number of ether oxygens (including phenoxy) is 4. The number of carbonyl (C=O) groups excluding carboxylic acids is 1. The van der Waals surface area contributed by atoms with Crippen molar-refractivity contribution in [2.24, 2.45) is 0 Å². The number of esters is 1. The molecule has 0 bridgehead atoms. The van der Waals surface area contributed by atoms with E-state index in [0.29, 0.717) is 26.2 Å². The molecule has 0 unspecified atom stereocenters. The third-order valence-corrected chi connectivity index (χ3v) is 16.0. The molecular formula is C28H29I2NO6-2. The van der Waals surface area contributed by atoms with Crippen LogP contribution in [0.5, 0.6) is 17.2 Å². The number of halogens is 2. The van der Waals surface area contributed by atoms with Crippen molar-refractivity contribution in [3.8, 4) is 17.2 Å². The Labute approximate surface area is 234 Å². The predicted octanol–water partition coefficient (Wildman–Crippen LogP) is -0.667. The van der Waals surface area contributed by atoms with E-state index in [1.54, 1.807) is 0 Å². The van der Waals surface area contributed by atoms with Crippen LogP contribution in [0.15, 0.2) is 78.9 Å². The molecule has 9 heteroatoms. The molecule has 0 aliphatic carbocycles. The summed E-state index contributed by atoms with van der Waals surface area (Å²) in [6.07, 6.45) is 1.82. The topological polar surface area (TPSA) is 77.1 Å². The van der Waals surface area contributed by atoms with Gasteiger partial charge in [-0.15, -0.1) is 0 Å². The van der Waals surface area contributed by atoms with Gasteiger partial charge in [-0.05, 0) is 29.8 Å². The average molecular weight is 729 g/mol. The molecule has 198 valence electrons. The average Bonchev–Trinajstić information content (AvgIpc) is 3.65. The van der Waals surface area contributed by atoms with Crippen LogP contribution in [0.4, 0.5) is 0 Å². The Hall–Kier alpha value is -1.93. The van der Waals surface area contributed by atoms with E-state index in [1.165, 1.54) is 0 Å². The summed E-state index contributed by atoms with van der Waals surface area (Å²) in [5.74, 6) is 2.02. The quantitative estimate of drug-likeness (QED) is 0.0859. The van der Waals surface area contributed by atoms with Gasteiger partial charge in [0, 0.05) is 0 Å². The fourth-order valence-corrected chi connectivity index (χ4v) is 8.69. The van der Waals surface area contributed by atoms with Gasteiger partial charge in [-0.2, -0.15) is 0 Å². The van der Waals surface area contributed by atoms with Crippen molar-refractivity contribution in [2.75, 3.05) is 13.2 Å². The van der Waals surface area contributed by atoms with Crippen LogP contribution < -0.4 is 44.5 Å². The number of aryl methyl sites for hydroxylation is 1. The summed E-state index contributed by atoms with van der Waals surface area (Å²) >= 11 is -0.407. The molecule has 0 aromatic heterocycles. The van der Waals surface area contributed by atoms with Crippen molar-refractivity contribution < 1.29 is 59.8 Å². The Morgan fingerprint density at radius 3 is 2.62 bits per heavy atom. The molecule has 2 aliphatic heterocycles. The first-order valence-corrected chi connectivity index (χ1v) is 20.5. The molecule has 3 aromatic rings. The van der Waals surface area contributed by atoms with E-state index >= 15 is 0 Å². The normalized spacial score (nSPS) is 20.6. The predicted molar refractivity (Wildman–Crippen MR) is 129 cm³/mol. The summed E-state index contributed by atoms with van der Waals surface area (Å²) in [7, 11) is 0. The Morgan fingerprint density at radius 2 is 1.78 bits per heavy atom. The summed E-state index contributed by atoms with van der Waals surface area (Å²) in [6.45, 7) is 1.49. The van der Waals surface area contributed by atoms with Crippen LogP contribution in [0.1, 0.15) is 30.4 Å². The van der Waals surface area contributed by atoms with Gasteiger partial charge in [-0.1, -0.05) is 30.3 Å². The van der Waals surface area contributed by atoms with Crippen molar-refractivity contribution in [1.82, 2.24) is 0 Å². The second-order valence-electron chi connectivity index (χ2n) is 8.92. The first kappa shape index (κ1) is 26.7.